The van der Waals surface area contributed by atoms with E-state index in [4.69, 9.17) is 16.3 Å². The lowest BCUT2D eigenvalue weighted by Gasteiger charge is -2.14. The summed E-state index contributed by atoms with van der Waals surface area (Å²) in [6, 6.07) is 2.82. The summed E-state index contributed by atoms with van der Waals surface area (Å²) in [4.78, 5) is 0. The van der Waals surface area contributed by atoms with Crippen molar-refractivity contribution in [3.63, 3.8) is 0 Å². The molecule has 0 bridgehead atoms. The van der Waals surface area contributed by atoms with Gasteiger partial charge in [0.25, 0.3) is 0 Å². The van der Waals surface area contributed by atoms with Gasteiger partial charge >= 0.3 is 0 Å². The molecule has 0 radical (unpaired) electrons. The normalized spacial score (nSPS) is 20.6. The van der Waals surface area contributed by atoms with Gasteiger partial charge in [0, 0.05) is 12.6 Å². The Morgan fingerprint density at radius 3 is 3.00 bits per heavy atom. The van der Waals surface area contributed by atoms with Crippen molar-refractivity contribution >= 4 is 27.5 Å². The zero-order chi connectivity index (χ0) is 10.8. The third-order valence-electron chi connectivity index (χ3n) is 2.28. The molecule has 0 spiro atoms. The highest BCUT2D eigenvalue weighted by atomic mass is 79.9. The molecule has 1 saturated heterocycles. The van der Waals surface area contributed by atoms with E-state index in [0.29, 0.717) is 10.2 Å². The van der Waals surface area contributed by atoms with Crippen LogP contribution in [0.25, 0.3) is 0 Å². The number of ether oxygens (including phenoxy) is 1. The summed E-state index contributed by atoms with van der Waals surface area (Å²) in [5, 5.41) is 3.27. The third kappa shape index (κ3) is 2.62. The van der Waals surface area contributed by atoms with Crippen LogP contribution in [0, 0.1) is 5.82 Å². The van der Waals surface area contributed by atoms with Crippen molar-refractivity contribution in [2.45, 2.75) is 12.5 Å². The van der Waals surface area contributed by atoms with E-state index < -0.39 is 5.82 Å². The van der Waals surface area contributed by atoms with Crippen molar-refractivity contribution in [2.75, 3.05) is 13.1 Å². The fourth-order valence-corrected chi connectivity index (χ4v) is 2.24. The lowest BCUT2D eigenvalue weighted by Crippen LogP contribution is -2.19. The van der Waals surface area contributed by atoms with E-state index in [9.17, 15) is 4.39 Å². The van der Waals surface area contributed by atoms with Crippen molar-refractivity contribution in [2.24, 2.45) is 0 Å². The van der Waals surface area contributed by atoms with Gasteiger partial charge in [-0.3, -0.25) is 0 Å². The Morgan fingerprint density at radius 1 is 1.53 bits per heavy atom. The zero-order valence-corrected chi connectivity index (χ0v) is 10.2. The van der Waals surface area contributed by atoms with Crippen LogP contribution in [0.3, 0.4) is 0 Å². The molecule has 1 atom stereocenters. The van der Waals surface area contributed by atoms with Crippen LogP contribution in [0.5, 0.6) is 5.75 Å². The topological polar surface area (TPSA) is 21.3 Å². The third-order valence-corrected chi connectivity index (χ3v) is 3.19. The van der Waals surface area contributed by atoms with Gasteiger partial charge < -0.3 is 10.1 Å². The molecule has 1 aliphatic rings. The predicted octanol–water partition coefficient (Wildman–Crippen LogP) is 2.98. The highest BCUT2D eigenvalue weighted by Gasteiger charge is 2.18. The van der Waals surface area contributed by atoms with E-state index in [1.807, 2.05) is 0 Å². The van der Waals surface area contributed by atoms with Crippen molar-refractivity contribution in [3.8, 4) is 5.75 Å². The lowest BCUT2D eigenvalue weighted by molar-refractivity contribution is 0.220. The molecule has 1 N–H and O–H groups in total. The summed E-state index contributed by atoms with van der Waals surface area (Å²) >= 11 is 8.92. The van der Waals surface area contributed by atoms with Gasteiger partial charge in [-0.15, -0.1) is 0 Å². The van der Waals surface area contributed by atoms with Crippen LogP contribution in [-0.2, 0) is 0 Å². The lowest BCUT2D eigenvalue weighted by atomic mass is 10.3. The van der Waals surface area contributed by atoms with Crippen LogP contribution in [0.4, 0.5) is 4.39 Å². The van der Waals surface area contributed by atoms with Crippen LogP contribution in [-0.4, -0.2) is 19.2 Å². The maximum Gasteiger partial charge on any atom is 0.145 e. The molecule has 1 fully saturated rings. The van der Waals surface area contributed by atoms with Gasteiger partial charge in [0.2, 0.25) is 0 Å². The summed E-state index contributed by atoms with van der Waals surface area (Å²) < 4.78 is 19.5. The molecule has 82 valence electrons. The van der Waals surface area contributed by atoms with Gasteiger partial charge in [0.15, 0.2) is 0 Å². The molecule has 0 aromatic heterocycles. The molecule has 0 saturated carbocycles. The molecule has 2 nitrogen and oxygen atoms in total. The summed E-state index contributed by atoms with van der Waals surface area (Å²) in [5.74, 6) is 0.0476. The monoisotopic (exact) mass is 293 g/mol. The molecule has 0 unspecified atom stereocenters. The number of hydrogen-bond donors (Lipinski definition) is 1. The van der Waals surface area contributed by atoms with Crippen LogP contribution in [0.1, 0.15) is 6.42 Å². The molecule has 15 heavy (non-hydrogen) atoms. The maximum absolute atomic E-state index is 13.2. The largest absolute Gasteiger partial charge is 0.488 e. The summed E-state index contributed by atoms with van der Waals surface area (Å²) in [5.41, 5.74) is 0. The second-order valence-electron chi connectivity index (χ2n) is 3.43. The second kappa shape index (κ2) is 4.68. The molecule has 1 aliphatic heterocycles. The first kappa shape index (κ1) is 11.2. The van der Waals surface area contributed by atoms with Crippen molar-refractivity contribution in [1.29, 1.82) is 0 Å². The van der Waals surface area contributed by atoms with Crippen LogP contribution in [0.15, 0.2) is 16.6 Å². The Bertz CT molecular complexity index is 369. The van der Waals surface area contributed by atoms with Gasteiger partial charge in [-0.25, -0.2) is 4.39 Å². The maximum atomic E-state index is 13.2. The first-order valence-electron chi connectivity index (χ1n) is 4.69. The number of benzene rings is 1. The first-order valence-corrected chi connectivity index (χ1v) is 5.86. The Hall–Kier alpha value is -0.320. The minimum Gasteiger partial charge on any atom is -0.488 e. The van der Waals surface area contributed by atoms with Gasteiger partial charge in [-0.1, -0.05) is 11.6 Å². The zero-order valence-electron chi connectivity index (χ0n) is 7.90. The van der Waals surface area contributed by atoms with Crippen molar-refractivity contribution in [1.82, 2.24) is 5.32 Å². The van der Waals surface area contributed by atoms with Crippen LogP contribution >= 0.6 is 27.5 Å². The van der Waals surface area contributed by atoms with Gasteiger partial charge in [-0.05, 0) is 35.0 Å². The fraction of sp³-hybridized carbons (Fsp3) is 0.400. The van der Waals surface area contributed by atoms with E-state index in [-0.39, 0.29) is 11.1 Å². The van der Waals surface area contributed by atoms with E-state index in [0.717, 1.165) is 19.5 Å². The molecule has 1 aromatic rings. The summed E-state index contributed by atoms with van der Waals surface area (Å²) in [7, 11) is 0. The Kier molecular flexibility index (Phi) is 3.49. The quantitative estimate of drug-likeness (QED) is 0.847. The molecular weight excluding hydrogens is 284 g/mol. The highest BCUT2D eigenvalue weighted by molar-refractivity contribution is 9.10. The highest BCUT2D eigenvalue weighted by Crippen LogP contribution is 2.31. The molecule has 2 rings (SSSR count). The van der Waals surface area contributed by atoms with E-state index in [2.05, 4.69) is 21.2 Å². The average Bonchev–Trinajstić information content (AvgIpc) is 2.67. The second-order valence-corrected chi connectivity index (χ2v) is 4.69. The standard InChI is InChI=1S/C10H10BrClFNO/c11-7-3-8(12)9(13)4-10(7)15-6-1-2-14-5-6/h3-4,6,14H,1-2,5H2/t6-/m1/s1. The molecule has 0 aliphatic carbocycles. The predicted molar refractivity (Wildman–Crippen MR) is 61.0 cm³/mol. The number of nitrogens with one attached hydrogen (secondary N) is 1. The van der Waals surface area contributed by atoms with Gasteiger partial charge in [-0.2, -0.15) is 0 Å². The smallest absolute Gasteiger partial charge is 0.145 e. The van der Waals surface area contributed by atoms with E-state index >= 15 is 0 Å². The van der Waals surface area contributed by atoms with Crippen molar-refractivity contribution in [3.05, 3.63) is 27.4 Å². The number of rotatable bonds is 2. The minimum atomic E-state index is -0.458. The Labute approximate surface area is 101 Å². The molecule has 5 heteroatoms. The van der Waals surface area contributed by atoms with E-state index in [1.54, 1.807) is 0 Å². The molecule has 0 amide bonds. The fourth-order valence-electron chi connectivity index (χ4n) is 1.50. The molecule has 1 aromatic carbocycles. The molecule has 1 heterocycles. The van der Waals surface area contributed by atoms with Crippen molar-refractivity contribution < 1.29 is 9.13 Å². The SMILES string of the molecule is Fc1cc(O[C@@H]2CCNC2)c(Br)cc1Cl. The van der Waals surface area contributed by atoms with Gasteiger partial charge in [0.05, 0.1) is 9.50 Å². The summed E-state index contributed by atoms with van der Waals surface area (Å²) in [6.45, 7) is 1.75. The van der Waals surface area contributed by atoms with Crippen LogP contribution in [0.2, 0.25) is 5.02 Å². The van der Waals surface area contributed by atoms with E-state index in [1.165, 1.54) is 12.1 Å². The minimum absolute atomic E-state index is 0.0961. The average molecular weight is 295 g/mol. The number of hydrogen-bond acceptors (Lipinski definition) is 2. The summed E-state index contributed by atoms with van der Waals surface area (Å²) in [6.07, 6.45) is 1.05. The number of halogens is 3. The molecular formula is C10H10BrClFNO. The Morgan fingerprint density at radius 2 is 2.33 bits per heavy atom. The van der Waals surface area contributed by atoms with Gasteiger partial charge in [0.1, 0.15) is 17.7 Å². The first-order chi connectivity index (χ1) is 7.16. The van der Waals surface area contributed by atoms with Crippen LogP contribution < -0.4 is 10.1 Å². The Balaban J connectivity index is 2.16.